The van der Waals surface area contributed by atoms with Crippen molar-refractivity contribution in [3.8, 4) is 11.5 Å². The van der Waals surface area contributed by atoms with Gasteiger partial charge in [-0.2, -0.15) is 0 Å². The molecule has 0 radical (unpaired) electrons. The van der Waals surface area contributed by atoms with Crippen LogP contribution in [0.3, 0.4) is 0 Å². The third-order valence-electron chi connectivity index (χ3n) is 4.55. The molecule has 2 N–H and O–H groups in total. The number of methoxy groups -OCH3 is 1. The van der Waals surface area contributed by atoms with Gasteiger partial charge in [0.2, 0.25) is 0 Å². The fourth-order valence-corrected chi connectivity index (χ4v) is 3.38. The van der Waals surface area contributed by atoms with E-state index in [9.17, 15) is 14.7 Å². The number of nitrogens with one attached hydrogen (secondary N) is 1. The molecule has 0 spiro atoms. The predicted molar refractivity (Wildman–Crippen MR) is 106 cm³/mol. The minimum Gasteiger partial charge on any atom is -0.497 e. The lowest BCUT2D eigenvalue weighted by atomic mass is 9.92. The molecular formula is C20H21BrN2O5. The molecule has 148 valence electrons. The van der Waals surface area contributed by atoms with Crippen LogP contribution in [-0.4, -0.2) is 48.3 Å². The van der Waals surface area contributed by atoms with Crippen molar-refractivity contribution < 1.29 is 24.2 Å². The van der Waals surface area contributed by atoms with Crippen LogP contribution in [0.1, 0.15) is 12.5 Å². The number of rotatable bonds is 7. The van der Waals surface area contributed by atoms with Crippen molar-refractivity contribution >= 4 is 27.9 Å². The lowest BCUT2D eigenvalue weighted by Crippen LogP contribution is -2.42. The molecule has 0 bridgehead atoms. The van der Waals surface area contributed by atoms with Crippen LogP contribution in [0.5, 0.6) is 11.5 Å². The van der Waals surface area contributed by atoms with E-state index in [-0.39, 0.29) is 13.2 Å². The summed E-state index contributed by atoms with van der Waals surface area (Å²) in [5.41, 5.74) is -0.621. The fourth-order valence-electron chi connectivity index (χ4n) is 3.01. The van der Waals surface area contributed by atoms with E-state index >= 15 is 0 Å². The summed E-state index contributed by atoms with van der Waals surface area (Å²) in [6.45, 7) is 1.41. The minimum atomic E-state index is -1.23. The van der Waals surface area contributed by atoms with Crippen LogP contribution in [0, 0.1) is 0 Å². The van der Waals surface area contributed by atoms with E-state index in [2.05, 4.69) is 21.2 Å². The van der Waals surface area contributed by atoms with Crippen LogP contribution in [0.15, 0.2) is 53.0 Å². The van der Waals surface area contributed by atoms with Gasteiger partial charge in [-0.3, -0.25) is 9.69 Å². The number of aliphatic hydroxyl groups excluding tert-OH is 1. The second-order valence-corrected chi connectivity index (χ2v) is 7.54. The molecule has 2 aromatic rings. The number of halogens is 1. The number of nitrogens with zero attached hydrogens (tertiary/aromatic N) is 1. The molecule has 1 fully saturated rings. The second kappa shape index (κ2) is 8.20. The van der Waals surface area contributed by atoms with Crippen molar-refractivity contribution in [1.82, 2.24) is 10.2 Å². The van der Waals surface area contributed by atoms with Crippen LogP contribution in [0.25, 0.3) is 0 Å². The molecule has 7 nitrogen and oxygen atoms in total. The maximum Gasteiger partial charge on any atom is 0.325 e. The molecule has 8 heteroatoms. The molecular weight excluding hydrogens is 428 g/mol. The lowest BCUT2D eigenvalue weighted by molar-refractivity contribution is -0.132. The average molecular weight is 449 g/mol. The number of carbonyl (C=O) groups excluding carboxylic acids is 2. The molecule has 1 aliphatic rings. The molecule has 2 atom stereocenters. The first-order chi connectivity index (χ1) is 13.3. The molecule has 0 saturated carbocycles. The third-order valence-corrected chi connectivity index (χ3v) is 5.05. The molecule has 3 amide bonds. The van der Waals surface area contributed by atoms with E-state index in [1.54, 1.807) is 43.3 Å². The topological polar surface area (TPSA) is 88.1 Å². The van der Waals surface area contributed by atoms with Gasteiger partial charge in [0.05, 0.1) is 13.7 Å². The number of benzene rings is 2. The van der Waals surface area contributed by atoms with Crippen LogP contribution >= 0.6 is 15.9 Å². The van der Waals surface area contributed by atoms with E-state index in [0.29, 0.717) is 17.1 Å². The van der Waals surface area contributed by atoms with E-state index in [1.807, 2.05) is 12.1 Å². The van der Waals surface area contributed by atoms with Gasteiger partial charge in [-0.05, 0) is 42.8 Å². The molecule has 0 aromatic heterocycles. The summed E-state index contributed by atoms with van der Waals surface area (Å²) in [6.07, 6.45) is -1.03. The Bertz CT molecular complexity index is 890. The van der Waals surface area contributed by atoms with Crippen molar-refractivity contribution in [2.45, 2.75) is 18.6 Å². The SMILES string of the molecule is COc1cccc(C2(C)NC(=O)N(CC(O)COc3cccc(Br)c3)C2=O)c1. The van der Waals surface area contributed by atoms with E-state index < -0.39 is 23.6 Å². The second-order valence-electron chi connectivity index (χ2n) is 6.63. The number of hydrogen-bond donors (Lipinski definition) is 2. The fraction of sp³-hybridized carbons (Fsp3) is 0.300. The average Bonchev–Trinajstić information content (AvgIpc) is 2.90. The van der Waals surface area contributed by atoms with Crippen molar-refractivity contribution in [2.75, 3.05) is 20.3 Å². The Balaban J connectivity index is 1.67. The first-order valence-corrected chi connectivity index (χ1v) is 9.48. The minimum absolute atomic E-state index is 0.0522. The Hall–Kier alpha value is -2.58. The van der Waals surface area contributed by atoms with Crippen LogP contribution in [0.2, 0.25) is 0 Å². The number of amides is 3. The highest BCUT2D eigenvalue weighted by Gasteiger charge is 2.49. The van der Waals surface area contributed by atoms with Crippen molar-refractivity contribution in [3.05, 3.63) is 58.6 Å². The number of ether oxygens (including phenoxy) is 2. The largest absolute Gasteiger partial charge is 0.497 e. The van der Waals surface area contributed by atoms with Gasteiger partial charge in [0.25, 0.3) is 5.91 Å². The highest BCUT2D eigenvalue weighted by Crippen LogP contribution is 2.31. The molecule has 1 aliphatic heterocycles. The molecule has 1 saturated heterocycles. The normalized spacial score (nSPS) is 20.1. The summed E-state index contributed by atoms with van der Waals surface area (Å²) in [4.78, 5) is 26.3. The van der Waals surface area contributed by atoms with Gasteiger partial charge in [0.1, 0.15) is 29.7 Å². The van der Waals surface area contributed by atoms with E-state index in [1.165, 1.54) is 7.11 Å². The standard InChI is InChI=1S/C20H21BrN2O5/c1-20(13-5-3-7-16(9-13)27-2)18(25)23(19(26)22-20)11-15(24)12-28-17-8-4-6-14(21)10-17/h3-10,15,24H,11-12H2,1-2H3,(H,22,26). The highest BCUT2D eigenvalue weighted by molar-refractivity contribution is 9.10. The maximum atomic E-state index is 12.9. The van der Waals surface area contributed by atoms with Gasteiger partial charge in [0, 0.05) is 4.47 Å². The molecule has 0 aliphatic carbocycles. The molecule has 2 unspecified atom stereocenters. The number of imide groups is 1. The Morgan fingerprint density at radius 1 is 1.18 bits per heavy atom. The molecule has 3 rings (SSSR count). The number of carbonyl (C=O) groups is 2. The predicted octanol–water partition coefficient (Wildman–Crippen LogP) is 2.66. The highest BCUT2D eigenvalue weighted by atomic mass is 79.9. The van der Waals surface area contributed by atoms with Gasteiger partial charge in [-0.15, -0.1) is 0 Å². The quantitative estimate of drug-likeness (QED) is 0.635. The van der Waals surface area contributed by atoms with Crippen molar-refractivity contribution in [2.24, 2.45) is 0 Å². The number of urea groups is 1. The van der Waals surface area contributed by atoms with Crippen molar-refractivity contribution in [3.63, 3.8) is 0 Å². The van der Waals surface area contributed by atoms with Gasteiger partial charge < -0.3 is 19.9 Å². The van der Waals surface area contributed by atoms with Crippen molar-refractivity contribution in [1.29, 1.82) is 0 Å². The molecule has 2 aromatic carbocycles. The number of β-amino-alcohol motifs (C(OH)–C–C–N with tert-alkyl or cyclic N) is 1. The summed E-state index contributed by atoms with van der Waals surface area (Å²) in [6, 6.07) is 13.6. The summed E-state index contributed by atoms with van der Waals surface area (Å²) >= 11 is 3.34. The summed E-state index contributed by atoms with van der Waals surface area (Å²) in [5.74, 6) is 0.723. The summed E-state index contributed by atoms with van der Waals surface area (Å²) < 4.78 is 11.6. The van der Waals surface area contributed by atoms with Gasteiger partial charge in [0.15, 0.2) is 0 Å². The maximum absolute atomic E-state index is 12.9. The number of hydrogen-bond acceptors (Lipinski definition) is 5. The number of aliphatic hydroxyl groups is 1. The summed E-state index contributed by atoms with van der Waals surface area (Å²) in [5, 5.41) is 13.0. The lowest BCUT2D eigenvalue weighted by Gasteiger charge is -2.23. The molecule has 1 heterocycles. The smallest absolute Gasteiger partial charge is 0.325 e. The Morgan fingerprint density at radius 3 is 2.61 bits per heavy atom. The first kappa shape index (κ1) is 20.2. The van der Waals surface area contributed by atoms with Crippen LogP contribution in [0.4, 0.5) is 4.79 Å². The van der Waals surface area contributed by atoms with Crippen LogP contribution < -0.4 is 14.8 Å². The van der Waals surface area contributed by atoms with E-state index in [4.69, 9.17) is 9.47 Å². The van der Waals surface area contributed by atoms with Crippen LogP contribution in [-0.2, 0) is 10.3 Å². The Kier molecular flexibility index (Phi) is 5.90. The third kappa shape index (κ3) is 4.13. The Labute approximate surface area is 171 Å². The molecule has 28 heavy (non-hydrogen) atoms. The van der Waals surface area contributed by atoms with Gasteiger partial charge >= 0.3 is 6.03 Å². The zero-order valence-corrected chi connectivity index (χ0v) is 17.1. The zero-order valence-electron chi connectivity index (χ0n) is 15.5. The Morgan fingerprint density at radius 2 is 1.89 bits per heavy atom. The zero-order chi connectivity index (χ0) is 20.3. The summed E-state index contributed by atoms with van der Waals surface area (Å²) in [7, 11) is 1.53. The monoisotopic (exact) mass is 448 g/mol. The first-order valence-electron chi connectivity index (χ1n) is 8.68. The van der Waals surface area contributed by atoms with Gasteiger partial charge in [-0.25, -0.2) is 4.79 Å². The van der Waals surface area contributed by atoms with Gasteiger partial charge in [-0.1, -0.05) is 34.1 Å². The van der Waals surface area contributed by atoms with E-state index in [0.717, 1.165) is 9.37 Å².